The van der Waals surface area contributed by atoms with Gasteiger partial charge in [0.1, 0.15) is 0 Å². The van der Waals surface area contributed by atoms with Gasteiger partial charge in [-0.3, -0.25) is 0 Å². The number of carbonyl (C=O) groups is 1. The molecule has 2 rings (SSSR count). The first-order valence-electron chi connectivity index (χ1n) is 5.66. The number of rotatable bonds is 3. The molecule has 0 unspecified atom stereocenters. The Bertz CT molecular complexity index is 665. The lowest BCUT2D eigenvalue weighted by atomic mass is 10.2. The van der Waals surface area contributed by atoms with Crippen LogP contribution in [0.25, 0.3) is 20.9 Å². The third-order valence-corrected chi connectivity index (χ3v) is 2.19. The molecule has 0 aliphatic heterocycles. The first kappa shape index (κ1) is 15.6. The Balaban J connectivity index is 0.000000219. The van der Waals surface area contributed by atoms with Gasteiger partial charge in [0, 0.05) is 21.2 Å². The second kappa shape index (κ2) is 8.60. The Morgan fingerprint density at radius 3 is 1.76 bits per heavy atom. The average molecular weight is 282 g/mol. The molecule has 0 heterocycles. The van der Waals surface area contributed by atoms with E-state index in [1.807, 2.05) is 18.2 Å². The number of aromatic carboxylic acids is 1. The van der Waals surface area contributed by atoms with E-state index in [2.05, 4.69) is 20.1 Å². The summed E-state index contributed by atoms with van der Waals surface area (Å²) in [5, 5.41) is 15.2. The van der Waals surface area contributed by atoms with Gasteiger partial charge < -0.3 is 5.11 Å². The molecule has 8 nitrogen and oxygen atoms in total. The van der Waals surface area contributed by atoms with Gasteiger partial charge in [0.2, 0.25) is 0 Å². The zero-order valence-corrected chi connectivity index (χ0v) is 10.7. The molecule has 0 atom stereocenters. The van der Waals surface area contributed by atoms with Crippen molar-refractivity contribution >= 4 is 17.3 Å². The predicted molar refractivity (Wildman–Crippen MR) is 77.5 cm³/mol. The Labute approximate surface area is 119 Å². The molecule has 0 aromatic heterocycles. The summed E-state index contributed by atoms with van der Waals surface area (Å²) in [7, 11) is 0. The van der Waals surface area contributed by atoms with Crippen LogP contribution in [-0.2, 0) is 0 Å². The van der Waals surface area contributed by atoms with E-state index < -0.39 is 5.97 Å². The highest BCUT2D eigenvalue weighted by Gasteiger charge is 1.99. The van der Waals surface area contributed by atoms with Crippen LogP contribution in [0, 0.1) is 0 Å². The summed E-state index contributed by atoms with van der Waals surface area (Å²) in [6, 6.07) is 14.7. The van der Waals surface area contributed by atoms with Crippen molar-refractivity contribution in [1.82, 2.24) is 0 Å². The lowest BCUT2D eigenvalue weighted by molar-refractivity contribution is 0.0697. The maximum absolute atomic E-state index is 10.4. The highest BCUT2D eigenvalue weighted by molar-refractivity contribution is 5.87. The Hall–Kier alpha value is -3.47. The molecule has 0 aliphatic carbocycles. The molecular weight excluding hydrogens is 272 g/mol. The first-order chi connectivity index (χ1) is 10.2. The van der Waals surface area contributed by atoms with Gasteiger partial charge in [-0.1, -0.05) is 52.7 Å². The zero-order chi connectivity index (χ0) is 15.5. The van der Waals surface area contributed by atoms with E-state index in [0.29, 0.717) is 11.4 Å². The van der Waals surface area contributed by atoms with Gasteiger partial charge in [-0.15, -0.1) is 0 Å². The highest BCUT2D eigenvalue weighted by Crippen LogP contribution is 2.12. The van der Waals surface area contributed by atoms with Gasteiger partial charge in [-0.25, -0.2) is 4.79 Å². The highest BCUT2D eigenvalue weighted by atomic mass is 16.4. The fourth-order valence-electron chi connectivity index (χ4n) is 1.27. The standard InChI is InChI=1S/C7H5N3O2.C6H5N3/c8-10-9-6-3-1-5(2-4-6)7(11)12;7-9-8-6-4-2-1-3-5-6/h1-4H,(H,11,12);1-5H. The number of nitrogens with zero attached hydrogens (tertiary/aromatic N) is 6. The van der Waals surface area contributed by atoms with E-state index in [4.69, 9.17) is 16.2 Å². The SMILES string of the molecule is [N-]=[N+]=Nc1ccc(C(=O)O)cc1.[N-]=[N+]=Nc1ccccc1. The number of azide groups is 2. The number of carboxylic acid groups (broad SMARTS) is 1. The molecule has 0 amide bonds. The molecule has 2 aromatic rings. The van der Waals surface area contributed by atoms with E-state index in [1.165, 1.54) is 24.3 Å². The van der Waals surface area contributed by atoms with Crippen molar-refractivity contribution < 1.29 is 9.90 Å². The minimum Gasteiger partial charge on any atom is -0.478 e. The minimum absolute atomic E-state index is 0.173. The normalized spacial score (nSPS) is 8.38. The Morgan fingerprint density at radius 1 is 0.857 bits per heavy atom. The summed E-state index contributed by atoms with van der Waals surface area (Å²) >= 11 is 0. The summed E-state index contributed by atoms with van der Waals surface area (Å²) in [5.41, 5.74) is 17.2. The molecule has 104 valence electrons. The summed E-state index contributed by atoms with van der Waals surface area (Å²) in [6.45, 7) is 0. The van der Waals surface area contributed by atoms with Crippen LogP contribution in [-0.4, -0.2) is 11.1 Å². The van der Waals surface area contributed by atoms with Crippen molar-refractivity contribution in [2.24, 2.45) is 10.2 Å². The molecule has 0 aliphatic rings. The lowest BCUT2D eigenvalue weighted by Gasteiger charge is -1.92. The molecule has 2 aromatic carbocycles. The quantitative estimate of drug-likeness (QED) is 0.483. The van der Waals surface area contributed by atoms with Gasteiger partial charge in [-0.05, 0) is 23.2 Å². The lowest BCUT2D eigenvalue weighted by Crippen LogP contribution is -1.93. The van der Waals surface area contributed by atoms with E-state index in [0.717, 1.165) is 0 Å². The molecule has 0 bridgehead atoms. The second-order valence-corrected chi connectivity index (χ2v) is 3.57. The predicted octanol–water partition coefficient (Wildman–Crippen LogP) is 4.96. The largest absolute Gasteiger partial charge is 0.478 e. The average Bonchev–Trinajstić information content (AvgIpc) is 2.50. The van der Waals surface area contributed by atoms with Crippen molar-refractivity contribution in [3.05, 3.63) is 81.0 Å². The van der Waals surface area contributed by atoms with E-state index in [-0.39, 0.29) is 5.56 Å². The Kier molecular flexibility index (Phi) is 6.38. The van der Waals surface area contributed by atoms with Gasteiger partial charge in [0.25, 0.3) is 0 Å². The molecule has 0 fully saturated rings. The maximum Gasteiger partial charge on any atom is 0.335 e. The summed E-state index contributed by atoms with van der Waals surface area (Å²) < 4.78 is 0. The van der Waals surface area contributed by atoms with Crippen LogP contribution in [0.15, 0.2) is 64.8 Å². The van der Waals surface area contributed by atoms with Crippen molar-refractivity contribution in [2.45, 2.75) is 0 Å². The van der Waals surface area contributed by atoms with Crippen molar-refractivity contribution in [3.8, 4) is 0 Å². The molecule has 1 N–H and O–H groups in total. The molecule has 0 saturated carbocycles. The zero-order valence-electron chi connectivity index (χ0n) is 10.7. The summed E-state index contributed by atoms with van der Waals surface area (Å²) in [5.74, 6) is -0.998. The molecule has 0 saturated heterocycles. The second-order valence-electron chi connectivity index (χ2n) is 3.57. The molecular formula is C13H10N6O2. The smallest absolute Gasteiger partial charge is 0.335 e. The molecule has 8 heteroatoms. The third kappa shape index (κ3) is 5.80. The van der Waals surface area contributed by atoms with Gasteiger partial charge >= 0.3 is 5.97 Å². The van der Waals surface area contributed by atoms with Gasteiger partial charge in [0.05, 0.1) is 5.56 Å². The fourth-order valence-corrected chi connectivity index (χ4v) is 1.27. The van der Waals surface area contributed by atoms with Crippen LogP contribution in [0.1, 0.15) is 10.4 Å². The van der Waals surface area contributed by atoms with Crippen molar-refractivity contribution in [3.63, 3.8) is 0 Å². The number of hydrogen-bond acceptors (Lipinski definition) is 3. The van der Waals surface area contributed by atoms with Crippen LogP contribution in [0.4, 0.5) is 11.4 Å². The van der Waals surface area contributed by atoms with Crippen molar-refractivity contribution in [1.29, 1.82) is 0 Å². The molecule has 0 radical (unpaired) electrons. The van der Waals surface area contributed by atoms with Gasteiger partial charge in [-0.2, -0.15) is 0 Å². The van der Waals surface area contributed by atoms with Crippen LogP contribution in [0.2, 0.25) is 0 Å². The number of hydrogen-bond donors (Lipinski definition) is 1. The van der Waals surface area contributed by atoms with Crippen LogP contribution in [0.5, 0.6) is 0 Å². The summed E-state index contributed by atoms with van der Waals surface area (Å²) in [6.07, 6.45) is 0. The van der Waals surface area contributed by atoms with Gasteiger partial charge in [0.15, 0.2) is 0 Å². The van der Waals surface area contributed by atoms with Crippen molar-refractivity contribution in [2.75, 3.05) is 0 Å². The van der Waals surface area contributed by atoms with Crippen LogP contribution in [0.3, 0.4) is 0 Å². The first-order valence-corrected chi connectivity index (χ1v) is 5.66. The Morgan fingerprint density at radius 2 is 1.33 bits per heavy atom. The molecule has 0 spiro atoms. The van der Waals surface area contributed by atoms with E-state index in [9.17, 15) is 4.79 Å². The number of benzene rings is 2. The van der Waals surface area contributed by atoms with Crippen LogP contribution < -0.4 is 0 Å². The topological polar surface area (TPSA) is 135 Å². The third-order valence-electron chi connectivity index (χ3n) is 2.19. The van der Waals surface area contributed by atoms with E-state index >= 15 is 0 Å². The fraction of sp³-hybridized carbons (Fsp3) is 0. The van der Waals surface area contributed by atoms with E-state index in [1.54, 1.807) is 12.1 Å². The molecule has 21 heavy (non-hydrogen) atoms. The summed E-state index contributed by atoms with van der Waals surface area (Å²) in [4.78, 5) is 15.6. The minimum atomic E-state index is -0.998. The monoisotopic (exact) mass is 282 g/mol. The number of carboxylic acids is 1. The maximum atomic E-state index is 10.4. The van der Waals surface area contributed by atoms with Crippen LogP contribution >= 0.6 is 0 Å².